The lowest BCUT2D eigenvalue weighted by molar-refractivity contribution is -0.137. The zero-order valence-corrected chi connectivity index (χ0v) is 11.7. The van der Waals surface area contributed by atoms with E-state index in [2.05, 4.69) is 0 Å². The minimum atomic E-state index is -4.64. The van der Waals surface area contributed by atoms with Gasteiger partial charge in [0.25, 0.3) is 0 Å². The van der Waals surface area contributed by atoms with Gasteiger partial charge >= 0.3 is 6.18 Å². The molecule has 0 aliphatic rings. The Hall–Kier alpha value is -1.90. The van der Waals surface area contributed by atoms with Crippen molar-refractivity contribution in [1.82, 2.24) is 0 Å². The van der Waals surface area contributed by atoms with Gasteiger partial charge in [-0.2, -0.15) is 18.4 Å². The molecule has 2 aromatic rings. The van der Waals surface area contributed by atoms with Crippen LogP contribution in [-0.2, 0) is 6.18 Å². The lowest BCUT2D eigenvalue weighted by Crippen LogP contribution is -2.07. The molecule has 108 valence electrons. The van der Waals surface area contributed by atoms with Gasteiger partial charge in [0, 0.05) is 10.0 Å². The van der Waals surface area contributed by atoms with Crippen molar-refractivity contribution in [3.8, 4) is 17.6 Å². The number of nitriles is 1. The van der Waals surface area contributed by atoms with Gasteiger partial charge in [0.2, 0.25) is 0 Å². The highest BCUT2D eigenvalue weighted by molar-refractivity contribution is 6.34. The van der Waals surface area contributed by atoms with E-state index in [1.165, 1.54) is 30.3 Å². The normalized spacial score (nSPS) is 11.0. The molecule has 21 heavy (non-hydrogen) atoms. The zero-order valence-electron chi connectivity index (χ0n) is 10.2. The summed E-state index contributed by atoms with van der Waals surface area (Å²) >= 11 is 11.6. The van der Waals surface area contributed by atoms with Gasteiger partial charge in [-0.25, -0.2) is 0 Å². The predicted octanol–water partition coefficient (Wildman–Crippen LogP) is 5.68. The third-order valence-corrected chi connectivity index (χ3v) is 2.93. The van der Waals surface area contributed by atoms with Crippen LogP contribution in [0.25, 0.3) is 0 Å². The summed E-state index contributed by atoms with van der Waals surface area (Å²) in [6.45, 7) is 0. The Morgan fingerprint density at radius 3 is 2.10 bits per heavy atom. The van der Waals surface area contributed by atoms with E-state index in [9.17, 15) is 13.2 Å². The molecule has 0 spiro atoms. The Kier molecular flexibility index (Phi) is 4.31. The van der Waals surface area contributed by atoms with Crippen molar-refractivity contribution in [2.75, 3.05) is 0 Å². The van der Waals surface area contributed by atoms with E-state index in [1.54, 1.807) is 0 Å². The molecular weight excluding hydrogens is 326 g/mol. The Morgan fingerprint density at radius 2 is 1.57 bits per heavy atom. The summed E-state index contributed by atoms with van der Waals surface area (Å²) in [6.07, 6.45) is -4.64. The number of alkyl halides is 3. The molecule has 0 heterocycles. The van der Waals surface area contributed by atoms with E-state index in [0.29, 0.717) is 10.0 Å². The molecule has 0 saturated carbocycles. The van der Waals surface area contributed by atoms with Crippen molar-refractivity contribution in [1.29, 1.82) is 5.26 Å². The smallest absolute Gasteiger partial charge is 0.417 e. The van der Waals surface area contributed by atoms with Crippen LogP contribution in [0.4, 0.5) is 13.2 Å². The van der Waals surface area contributed by atoms with Gasteiger partial charge in [-0.05, 0) is 36.4 Å². The first-order chi connectivity index (χ1) is 9.79. The lowest BCUT2D eigenvalue weighted by Gasteiger charge is -2.12. The summed E-state index contributed by atoms with van der Waals surface area (Å²) < 4.78 is 43.8. The van der Waals surface area contributed by atoms with Crippen molar-refractivity contribution in [3.63, 3.8) is 0 Å². The molecule has 0 atom stereocenters. The summed E-state index contributed by atoms with van der Waals surface area (Å²) in [6, 6.07) is 8.86. The molecule has 0 saturated heterocycles. The van der Waals surface area contributed by atoms with Gasteiger partial charge in [0.1, 0.15) is 11.5 Å². The van der Waals surface area contributed by atoms with Crippen LogP contribution in [0, 0.1) is 11.3 Å². The summed E-state index contributed by atoms with van der Waals surface area (Å²) in [5.41, 5.74) is -1.53. The second-order valence-electron chi connectivity index (χ2n) is 4.02. The standard InChI is InChI=1S/C14H6Cl2F3NO/c15-9-3-10(16)5-12(4-9)21-11-2-1-8(7-20)13(6-11)14(17,18)19/h1-6H. The number of ether oxygens (including phenoxy) is 1. The highest BCUT2D eigenvalue weighted by Crippen LogP contribution is 2.36. The van der Waals surface area contributed by atoms with Crippen molar-refractivity contribution in [2.24, 2.45) is 0 Å². The summed E-state index contributed by atoms with van der Waals surface area (Å²) in [5, 5.41) is 9.30. The number of halogens is 5. The SMILES string of the molecule is N#Cc1ccc(Oc2cc(Cl)cc(Cl)c2)cc1C(F)(F)F. The molecular formula is C14H6Cl2F3NO. The first-order valence-electron chi connectivity index (χ1n) is 5.55. The number of hydrogen-bond donors (Lipinski definition) is 0. The number of nitrogens with zero attached hydrogens (tertiary/aromatic N) is 1. The summed E-state index contributed by atoms with van der Waals surface area (Å²) in [5.74, 6) is 0.130. The molecule has 0 fully saturated rings. The van der Waals surface area contributed by atoms with Crippen molar-refractivity contribution in [2.45, 2.75) is 6.18 Å². The molecule has 0 unspecified atom stereocenters. The van der Waals surface area contributed by atoms with Crippen molar-refractivity contribution < 1.29 is 17.9 Å². The minimum Gasteiger partial charge on any atom is -0.457 e. The molecule has 0 aliphatic heterocycles. The van der Waals surface area contributed by atoms with Crippen LogP contribution in [-0.4, -0.2) is 0 Å². The fourth-order valence-electron chi connectivity index (χ4n) is 1.64. The van der Waals surface area contributed by atoms with Crippen molar-refractivity contribution in [3.05, 3.63) is 57.6 Å². The maximum Gasteiger partial charge on any atom is 0.417 e. The third-order valence-electron chi connectivity index (χ3n) is 2.49. The first kappa shape index (κ1) is 15.5. The van der Waals surface area contributed by atoms with E-state index in [0.717, 1.165) is 12.1 Å². The van der Waals surface area contributed by atoms with E-state index in [4.69, 9.17) is 33.2 Å². The van der Waals surface area contributed by atoms with Crippen LogP contribution in [0.3, 0.4) is 0 Å². The average Bonchev–Trinajstić information content (AvgIpc) is 2.36. The quantitative estimate of drug-likeness (QED) is 0.709. The zero-order chi connectivity index (χ0) is 15.6. The molecule has 7 heteroatoms. The maximum absolute atomic E-state index is 12.8. The lowest BCUT2D eigenvalue weighted by atomic mass is 10.1. The molecule has 0 aromatic heterocycles. The van der Waals surface area contributed by atoms with Gasteiger partial charge in [-0.3, -0.25) is 0 Å². The van der Waals surface area contributed by atoms with E-state index in [-0.39, 0.29) is 11.5 Å². The van der Waals surface area contributed by atoms with Crippen molar-refractivity contribution >= 4 is 23.2 Å². The van der Waals surface area contributed by atoms with Crippen LogP contribution in [0.5, 0.6) is 11.5 Å². The second-order valence-corrected chi connectivity index (χ2v) is 4.90. The molecule has 2 aromatic carbocycles. The largest absolute Gasteiger partial charge is 0.457 e. The first-order valence-corrected chi connectivity index (χ1v) is 6.30. The van der Waals surface area contributed by atoms with Crippen LogP contribution in [0.1, 0.15) is 11.1 Å². The van der Waals surface area contributed by atoms with Crippen LogP contribution < -0.4 is 4.74 Å². The van der Waals surface area contributed by atoms with Gasteiger partial charge in [-0.1, -0.05) is 23.2 Å². The van der Waals surface area contributed by atoms with Crippen LogP contribution >= 0.6 is 23.2 Å². The Morgan fingerprint density at radius 1 is 0.952 bits per heavy atom. The molecule has 0 bridgehead atoms. The van der Waals surface area contributed by atoms with E-state index in [1.807, 2.05) is 0 Å². The Labute approximate surface area is 128 Å². The molecule has 0 N–H and O–H groups in total. The average molecular weight is 332 g/mol. The molecule has 0 amide bonds. The Balaban J connectivity index is 2.40. The van der Waals surface area contributed by atoms with Crippen LogP contribution in [0.2, 0.25) is 10.0 Å². The van der Waals surface area contributed by atoms with E-state index < -0.39 is 17.3 Å². The minimum absolute atomic E-state index is 0.0698. The Bertz CT molecular complexity index is 703. The summed E-state index contributed by atoms with van der Waals surface area (Å²) in [4.78, 5) is 0. The number of hydrogen-bond acceptors (Lipinski definition) is 2. The molecule has 2 nitrogen and oxygen atoms in total. The molecule has 0 radical (unpaired) electrons. The fraction of sp³-hybridized carbons (Fsp3) is 0.0714. The molecule has 2 rings (SSSR count). The van der Waals surface area contributed by atoms with Gasteiger partial charge < -0.3 is 4.74 Å². The van der Waals surface area contributed by atoms with Crippen LogP contribution in [0.15, 0.2) is 36.4 Å². The highest BCUT2D eigenvalue weighted by Gasteiger charge is 2.34. The monoisotopic (exact) mass is 331 g/mol. The number of benzene rings is 2. The number of rotatable bonds is 2. The summed E-state index contributed by atoms with van der Waals surface area (Å²) in [7, 11) is 0. The second kappa shape index (κ2) is 5.84. The fourth-order valence-corrected chi connectivity index (χ4v) is 2.15. The van der Waals surface area contributed by atoms with E-state index >= 15 is 0 Å². The van der Waals surface area contributed by atoms with Gasteiger partial charge in [-0.15, -0.1) is 0 Å². The maximum atomic E-state index is 12.8. The van der Waals surface area contributed by atoms with Gasteiger partial charge in [0.05, 0.1) is 17.2 Å². The topological polar surface area (TPSA) is 33.0 Å². The highest BCUT2D eigenvalue weighted by atomic mass is 35.5. The van der Waals surface area contributed by atoms with Gasteiger partial charge in [0.15, 0.2) is 0 Å². The predicted molar refractivity (Wildman–Crippen MR) is 72.7 cm³/mol. The molecule has 0 aliphatic carbocycles. The third kappa shape index (κ3) is 3.81.